The molecule has 1 amide bonds. The molecule has 3 heterocycles. The van der Waals surface area contributed by atoms with Crippen molar-refractivity contribution in [2.24, 2.45) is 0 Å². The molecule has 9 aromatic carbocycles. The molecule has 538 valence electrons. The summed E-state index contributed by atoms with van der Waals surface area (Å²) in [4.78, 5) is 27.5. The summed E-state index contributed by atoms with van der Waals surface area (Å²) in [6.07, 6.45) is -14.7. The van der Waals surface area contributed by atoms with Gasteiger partial charge in [0.2, 0.25) is 5.91 Å². The third-order valence-corrected chi connectivity index (χ3v) is 19.2. The topological polar surface area (TPSA) is 175 Å². The number of hydrogen-bond acceptors (Lipinski definition) is 17. The van der Waals surface area contributed by atoms with Crippen LogP contribution < -0.4 is 5.32 Å². The first-order valence-electron chi connectivity index (χ1n) is 35.3. The molecule has 0 aliphatic carbocycles. The zero-order valence-electron chi connectivity index (χ0n) is 58.1. The van der Waals surface area contributed by atoms with Gasteiger partial charge in [-0.15, -0.1) is 0 Å². The monoisotopic (exact) mass is 1410 g/mol. The number of nitrogens with one attached hydrogen (secondary N) is 1. The van der Waals surface area contributed by atoms with Gasteiger partial charge >= 0.3 is 5.97 Å². The summed E-state index contributed by atoms with van der Waals surface area (Å²) in [6, 6.07) is 89.4. The Balaban J connectivity index is 0.979. The van der Waals surface area contributed by atoms with Crippen LogP contribution in [0.1, 0.15) is 64.3 Å². The van der Waals surface area contributed by atoms with Crippen molar-refractivity contribution in [1.82, 2.24) is 5.32 Å². The average Bonchev–Trinajstić information content (AvgIpc) is 0.766. The van der Waals surface area contributed by atoms with Crippen LogP contribution in [-0.2, 0) is 129 Å². The maximum atomic E-state index is 14.0. The van der Waals surface area contributed by atoms with Gasteiger partial charge in [0.25, 0.3) is 0 Å². The number of carbonyl (C=O) groups excluding carboxylic acids is 2. The standard InChI is InChI=1S/C85H91NO16S/c1-60-74(100-73(88)49-48-72(87)86-2)77(91-52-63-34-16-5-17-35-63)80(94-55-66-40-22-8-23-41-66)83(97-60)101-75-70(58-89-50-61-30-12-3-13-31-61)98-84(81(95-56-67-42-24-9-25-43-67)78(75)92-53-64-36-18-6-19-37-64)102-76-71(59-90-51-62-32-14-4-15-33-62)99-85(103-69-46-28-11-29-47-69)82(96-57-68-44-26-10-27-45-68)79(76)93-54-65-38-20-7-21-39-65/h3-47,60,70-71,74-85H,48-59H2,1-2H3,(H,86,87)/t60?,70-,71?,74+,75-,76+,77-,78?,79+,80?,81?,82?,83-,84-,85-/m0/s1. The lowest BCUT2D eigenvalue weighted by atomic mass is 9.95. The number of esters is 1. The fourth-order valence-electron chi connectivity index (χ4n) is 12.7. The third kappa shape index (κ3) is 22.2. The van der Waals surface area contributed by atoms with Crippen molar-refractivity contribution in [3.05, 3.63) is 317 Å². The second-order valence-electron chi connectivity index (χ2n) is 25.6. The molecular formula is C85H91NO16S. The number of hydrogen-bond donors (Lipinski definition) is 1. The molecule has 18 heteroatoms. The van der Waals surface area contributed by atoms with Gasteiger partial charge in [0.15, 0.2) is 18.7 Å². The van der Waals surface area contributed by atoms with Crippen molar-refractivity contribution in [2.45, 2.75) is 169 Å². The minimum absolute atomic E-state index is 0.0625. The number of thioether (sulfide) groups is 1. The molecule has 6 unspecified atom stereocenters. The third-order valence-electron chi connectivity index (χ3n) is 18.1. The summed E-state index contributed by atoms with van der Waals surface area (Å²) < 4.78 is 101. The van der Waals surface area contributed by atoms with E-state index in [0.29, 0.717) is 0 Å². The maximum absolute atomic E-state index is 14.0. The Labute approximate surface area is 608 Å². The Hall–Kier alpha value is -8.25. The van der Waals surface area contributed by atoms with Crippen LogP contribution in [0.2, 0.25) is 0 Å². The summed E-state index contributed by atoms with van der Waals surface area (Å²) in [5.41, 5.74) is 6.60. The van der Waals surface area contributed by atoms with Gasteiger partial charge in [-0.2, -0.15) is 0 Å². The van der Waals surface area contributed by atoms with Crippen molar-refractivity contribution >= 4 is 23.6 Å². The van der Waals surface area contributed by atoms with E-state index < -0.39 is 97.2 Å². The molecule has 3 saturated heterocycles. The van der Waals surface area contributed by atoms with Crippen molar-refractivity contribution in [1.29, 1.82) is 0 Å². The minimum Gasteiger partial charge on any atom is -0.457 e. The lowest BCUT2D eigenvalue weighted by molar-refractivity contribution is -0.385. The number of benzene rings is 9. The van der Waals surface area contributed by atoms with E-state index in [4.69, 9.17) is 66.3 Å². The second kappa shape index (κ2) is 39.6. The van der Waals surface area contributed by atoms with E-state index in [2.05, 4.69) is 17.4 Å². The van der Waals surface area contributed by atoms with Gasteiger partial charge in [0.1, 0.15) is 66.5 Å². The van der Waals surface area contributed by atoms with Crippen LogP contribution in [-0.4, -0.2) is 123 Å². The fourth-order valence-corrected chi connectivity index (χ4v) is 13.9. The van der Waals surface area contributed by atoms with E-state index in [-0.39, 0.29) is 84.8 Å². The molecule has 3 aliphatic rings. The molecule has 103 heavy (non-hydrogen) atoms. The van der Waals surface area contributed by atoms with Gasteiger partial charge in [-0.1, -0.05) is 273 Å². The molecule has 0 radical (unpaired) electrons. The minimum atomic E-state index is -1.30. The van der Waals surface area contributed by atoms with Crippen LogP contribution in [0.15, 0.2) is 278 Å². The summed E-state index contributed by atoms with van der Waals surface area (Å²) >= 11 is 1.54. The quantitative estimate of drug-likeness (QED) is 0.0367. The lowest BCUT2D eigenvalue weighted by Crippen LogP contribution is -2.67. The van der Waals surface area contributed by atoms with Crippen molar-refractivity contribution < 1.29 is 75.9 Å². The molecule has 15 atom stereocenters. The highest BCUT2D eigenvalue weighted by Crippen LogP contribution is 2.42. The smallest absolute Gasteiger partial charge is 0.306 e. The SMILES string of the molecule is CNC(=O)CCC(=O)O[C@@H]1C(C)O[C@@H](O[C@@H]2C(OCc3ccccc3)C(OCc3ccccc3)[C@H](O[C@@H]3C(COCc4ccccc4)O[C@@H](Sc4ccccc4)C(OCc4ccccc4)[C@@H]3OCc3ccccc3)O[C@H]2COCc2ccccc2)C(OCc2ccccc2)[C@H]1OCc1ccccc1. The number of amides is 1. The van der Waals surface area contributed by atoms with Crippen molar-refractivity contribution in [3.63, 3.8) is 0 Å². The van der Waals surface area contributed by atoms with Crippen molar-refractivity contribution in [3.8, 4) is 0 Å². The van der Waals surface area contributed by atoms with Gasteiger partial charge in [-0.3, -0.25) is 9.59 Å². The van der Waals surface area contributed by atoms with Gasteiger partial charge in [-0.05, 0) is 63.6 Å². The summed E-state index contributed by atoms with van der Waals surface area (Å²) in [5, 5.41) is 2.60. The Morgan fingerprint density at radius 2 is 0.641 bits per heavy atom. The van der Waals surface area contributed by atoms with Crippen LogP contribution in [0.4, 0.5) is 0 Å². The van der Waals surface area contributed by atoms with E-state index in [9.17, 15) is 9.59 Å². The highest BCUT2D eigenvalue weighted by Gasteiger charge is 2.57. The lowest BCUT2D eigenvalue weighted by Gasteiger charge is -2.51. The molecule has 0 spiro atoms. The van der Waals surface area contributed by atoms with Crippen LogP contribution in [0.5, 0.6) is 0 Å². The first kappa shape index (κ1) is 74.5. The molecule has 12 rings (SSSR count). The molecular weight excluding hydrogens is 1320 g/mol. The maximum Gasteiger partial charge on any atom is 0.306 e. The number of ether oxygens (including phenoxy) is 14. The molecule has 0 aromatic heterocycles. The van der Waals surface area contributed by atoms with E-state index in [0.717, 1.165) is 49.4 Å². The van der Waals surface area contributed by atoms with E-state index in [1.807, 2.05) is 261 Å². The molecule has 1 N–H and O–H groups in total. The first-order chi connectivity index (χ1) is 50.8. The van der Waals surface area contributed by atoms with Gasteiger partial charge in [0, 0.05) is 18.4 Å². The Bertz CT molecular complexity index is 3870. The molecule has 3 fully saturated rings. The molecule has 9 aromatic rings. The van der Waals surface area contributed by atoms with Gasteiger partial charge in [-0.25, -0.2) is 0 Å². The fraction of sp³-hybridized carbons (Fsp3) is 0.341. The Kier molecular flexibility index (Phi) is 28.6. The summed E-state index contributed by atoms with van der Waals surface area (Å²) in [7, 11) is 1.52. The highest BCUT2D eigenvalue weighted by atomic mass is 32.2. The van der Waals surface area contributed by atoms with Gasteiger partial charge < -0.3 is 71.6 Å². The molecule has 17 nitrogen and oxygen atoms in total. The predicted octanol–water partition coefficient (Wildman–Crippen LogP) is 14.1. The molecule has 0 bridgehead atoms. The number of carbonyl (C=O) groups is 2. The van der Waals surface area contributed by atoms with E-state index >= 15 is 0 Å². The summed E-state index contributed by atoms with van der Waals surface area (Å²) in [5.74, 6) is -0.923. The highest BCUT2D eigenvalue weighted by molar-refractivity contribution is 7.99. The average molecular weight is 1410 g/mol. The van der Waals surface area contributed by atoms with Crippen LogP contribution in [0.3, 0.4) is 0 Å². The second-order valence-corrected chi connectivity index (χ2v) is 26.8. The Morgan fingerprint density at radius 3 is 1.01 bits per heavy atom. The van der Waals surface area contributed by atoms with Crippen LogP contribution in [0, 0.1) is 0 Å². The normalized spacial score (nSPS) is 24.8. The number of rotatable bonds is 36. The molecule has 3 aliphatic heterocycles. The Morgan fingerprint density at radius 1 is 0.340 bits per heavy atom. The van der Waals surface area contributed by atoms with Crippen LogP contribution >= 0.6 is 11.8 Å². The zero-order chi connectivity index (χ0) is 70.6. The molecule has 0 saturated carbocycles. The largest absolute Gasteiger partial charge is 0.457 e. The van der Waals surface area contributed by atoms with E-state index in [1.165, 1.54) is 7.05 Å². The van der Waals surface area contributed by atoms with E-state index in [1.54, 1.807) is 18.7 Å². The van der Waals surface area contributed by atoms with Gasteiger partial charge in [0.05, 0.1) is 78.6 Å². The first-order valence-corrected chi connectivity index (χ1v) is 36.2. The van der Waals surface area contributed by atoms with Crippen LogP contribution in [0.25, 0.3) is 0 Å². The summed E-state index contributed by atoms with van der Waals surface area (Å²) in [6.45, 7) is 3.06. The zero-order valence-corrected chi connectivity index (χ0v) is 58.9. The van der Waals surface area contributed by atoms with Crippen molar-refractivity contribution in [2.75, 3.05) is 20.3 Å². The predicted molar refractivity (Wildman–Crippen MR) is 389 cm³/mol.